The Morgan fingerprint density at radius 1 is 1.11 bits per heavy atom. The van der Waals surface area contributed by atoms with Crippen molar-refractivity contribution >= 4 is 17.7 Å². The van der Waals surface area contributed by atoms with Crippen LogP contribution in [0.5, 0.6) is 0 Å². The number of carbonyl (C=O) groups is 1. The molecular weight excluding hydrogens is 389 g/mol. The van der Waals surface area contributed by atoms with Crippen LogP contribution in [0.3, 0.4) is 0 Å². The number of rotatable bonds is 9. The standard InChI is InChI=1S/C20H23F3N2O2S/c1-13-2-3-16(12-25-13)14-4-6-15(7-5-14)17(20(21,22)23)8-10-28-11-9-18(24)19(26)27/h2-7,12,17-18H,8-11,24H2,1H3,(H,26,27). The van der Waals surface area contributed by atoms with E-state index in [-0.39, 0.29) is 24.2 Å². The molecule has 2 unspecified atom stereocenters. The Hall–Kier alpha value is -2.06. The van der Waals surface area contributed by atoms with Gasteiger partial charge in [0, 0.05) is 17.5 Å². The minimum absolute atomic E-state index is 0.0675. The lowest BCUT2D eigenvalue weighted by atomic mass is 9.94. The smallest absolute Gasteiger partial charge is 0.395 e. The van der Waals surface area contributed by atoms with E-state index in [4.69, 9.17) is 10.8 Å². The number of nitrogens with two attached hydrogens (primary N) is 1. The molecule has 3 N–H and O–H groups in total. The number of hydrogen-bond acceptors (Lipinski definition) is 4. The minimum atomic E-state index is -4.34. The van der Waals surface area contributed by atoms with Crippen LogP contribution in [-0.2, 0) is 4.79 Å². The topological polar surface area (TPSA) is 76.2 Å². The number of thioether (sulfide) groups is 1. The maximum atomic E-state index is 13.5. The largest absolute Gasteiger partial charge is 0.480 e. The molecule has 0 aliphatic rings. The molecule has 0 aliphatic heterocycles. The first-order chi connectivity index (χ1) is 13.2. The van der Waals surface area contributed by atoms with Gasteiger partial charge in [-0.1, -0.05) is 30.3 Å². The van der Waals surface area contributed by atoms with E-state index in [1.807, 2.05) is 19.1 Å². The number of aliphatic carboxylic acids is 1. The first-order valence-corrected chi connectivity index (χ1v) is 10.00. The van der Waals surface area contributed by atoms with Crippen molar-refractivity contribution in [3.63, 3.8) is 0 Å². The van der Waals surface area contributed by atoms with Crippen LogP contribution in [0.4, 0.5) is 13.2 Å². The minimum Gasteiger partial charge on any atom is -0.480 e. The van der Waals surface area contributed by atoms with Crippen molar-refractivity contribution in [2.75, 3.05) is 11.5 Å². The molecule has 28 heavy (non-hydrogen) atoms. The summed E-state index contributed by atoms with van der Waals surface area (Å²) in [6.07, 6.45) is -2.48. The van der Waals surface area contributed by atoms with Crippen LogP contribution in [0.15, 0.2) is 42.6 Å². The van der Waals surface area contributed by atoms with E-state index < -0.39 is 24.1 Å². The van der Waals surface area contributed by atoms with Crippen molar-refractivity contribution in [1.82, 2.24) is 4.98 Å². The summed E-state index contributed by atoms with van der Waals surface area (Å²) in [7, 11) is 0. The summed E-state index contributed by atoms with van der Waals surface area (Å²) in [4.78, 5) is 14.9. The molecule has 8 heteroatoms. The van der Waals surface area contributed by atoms with Crippen LogP contribution in [0.2, 0.25) is 0 Å². The second-order valence-electron chi connectivity index (χ2n) is 6.54. The van der Waals surface area contributed by atoms with Gasteiger partial charge in [-0.2, -0.15) is 24.9 Å². The molecule has 0 saturated heterocycles. The number of halogens is 3. The van der Waals surface area contributed by atoms with Crippen LogP contribution in [0, 0.1) is 6.92 Å². The van der Waals surface area contributed by atoms with Crippen molar-refractivity contribution in [1.29, 1.82) is 0 Å². The van der Waals surface area contributed by atoms with Crippen molar-refractivity contribution in [3.8, 4) is 11.1 Å². The maximum Gasteiger partial charge on any atom is 0.395 e. The molecule has 0 aliphatic carbocycles. The maximum absolute atomic E-state index is 13.5. The summed E-state index contributed by atoms with van der Waals surface area (Å²) in [5, 5.41) is 8.71. The van der Waals surface area contributed by atoms with E-state index in [0.29, 0.717) is 5.75 Å². The average molecular weight is 412 g/mol. The summed E-state index contributed by atoms with van der Waals surface area (Å²) < 4.78 is 40.5. The van der Waals surface area contributed by atoms with Gasteiger partial charge in [0.15, 0.2) is 0 Å². The first-order valence-electron chi connectivity index (χ1n) is 8.84. The number of carboxylic acid groups (broad SMARTS) is 1. The molecule has 4 nitrogen and oxygen atoms in total. The van der Waals surface area contributed by atoms with Crippen LogP contribution in [0.25, 0.3) is 11.1 Å². The van der Waals surface area contributed by atoms with Gasteiger partial charge in [0.05, 0.1) is 5.92 Å². The molecule has 2 rings (SSSR count). The number of carboxylic acids is 1. The van der Waals surface area contributed by atoms with Gasteiger partial charge in [0.2, 0.25) is 0 Å². The number of benzene rings is 1. The molecule has 0 amide bonds. The summed E-state index contributed by atoms with van der Waals surface area (Å²) in [6.45, 7) is 1.87. The highest BCUT2D eigenvalue weighted by molar-refractivity contribution is 7.99. The average Bonchev–Trinajstić information content (AvgIpc) is 2.64. The predicted molar refractivity (Wildman–Crippen MR) is 105 cm³/mol. The lowest BCUT2D eigenvalue weighted by molar-refractivity contribution is -0.150. The van der Waals surface area contributed by atoms with Gasteiger partial charge >= 0.3 is 12.1 Å². The number of pyridine rings is 1. The van der Waals surface area contributed by atoms with Gasteiger partial charge in [-0.15, -0.1) is 0 Å². The van der Waals surface area contributed by atoms with Crippen molar-refractivity contribution in [3.05, 3.63) is 53.9 Å². The lowest BCUT2D eigenvalue weighted by Gasteiger charge is -2.21. The molecule has 2 atom stereocenters. The van der Waals surface area contributed by atoms with Gasteiger partial charge in [0.1, 0.15) is 6.04 Å². The molecule has 0 spiro atoms. The fourth-order valence-electron chi connectivity index (χ4n) is 2.70. The quantitative estimate of drug-likeness (QED) is 0.588. The zero-order chi connectivity index (χ0) is 20.7. The highest BCUT2D eigenvalue weighted by Crippen LogP contribution is 2.38. The number of hydrogen-bond donors (Lipinski definition) is 2. The molecular formula is C20H23F3N2O2S. The molecule has 1 heterocycles. The number of aryl methyl sites for hydroxylation is 1. The van der Waals surface area contributed by atoms with E-state index in [0.717, 1.165) is 16.8 Å². The zero-order valence-corrected chi connectivity index (χ0v) is 16.3. The van der Waals surface area contributed by atoms with Crippen LogP contribution >= 0.6 is 11.8 Å². The van der Waals surface area contributed by atoms with Crippen LogP contribution in [-0.4, -0.2) is 39.8 Å². The van der Waals surface area contributed by atoms with Gasteiger partial charge in [0.25, 0.3) is 0 Å². The number of nitrogens with zero attached hydrogens (tertiary/aromatic N) is 1. The Morgan fingerprint density at radius 2 is 1.71 bits per heavy atom. The summed E-state index contributed by atoms with van der Waals surface area (Å²) in [6, 6.07) is 9.15. The van der Waals surface area contributed by atoms with E-state index in [1.54, 1.807) is 18.3 Å². The Kier molecular flexibility index (Phi) is 7.88. The molecule has 0 bridgehead atoms. The Morgan fingerprint density at radius 3 is 2.25 bits per heavy atom. The third kappa shape index (κ3) is 6.53. The number of alkyl halides is 3. The van der Waals surface area contributed by atoms with Gasteiger partial charge in [-0.25, -0.2) is 0 Å². The summed E-state index contributed by atoms with van der Waals surface area (Å²) >= 11 is 1.29. The van der Waals surface area contributed by atoms with Crippen molar-refractivity contribution < 1.29 is 23.1 Å². The Balaban J connectivity index is 1.99. The van der Waals surface area contributed by atoms with E-state index in [2.05, 4.69) is 4.98 Å². The summed E-state index contributed by atoms with van der Waals surface area (Å²) in [5.41, 5.74) is 8.15. The third-order valence-corrected chi connectivity index (χ3v) is 5.44. The first kappa shape index (κ1) is 22.2. The fourth-order valence-corrected chi connectivity index (χ4v) is 3.73. The molecule has 152 valence electrons. The normalized spacial score (nSPS) is 13.9. The van der Waals surface area contributed by atoms with Gasteiger partial charge < -0.3 is 10.8 Å². The molecule has 0 saturated carbocycles. The SMILES string of the molecule is Cc1ccc(-c2ccc(C(CCSCCC(N)C(=O)O)C(F)(F)F)cc2)cn1. The Bertz CT molecular complexity index is 765. The lowest BCUT2D eigenvalue weighted by Crippen LogP contribution is -2.30. The monoisotopic (exact) mass is 412 g/mol. The van der Waals surface area contributed by atoms with Crippen molar-refractivity contribution in [2.24, 2.45) is 5.73 Å². The highest BCUT2D eigenvalue weighted by Gasteiger charge is 2.40. The third-order valence-electron chi connectivity index (χ3n) is 4.39. The van der Waals surface area contributed by atoms with Crippen molar-refractivity contribution in [2.45, 2.75) is 37.9 Å². The second kappa shape index (κ2) is 9.93. The molecule has 0 radical (unpaired) electrons. The van der Waals surface area contributed by atoms with Gasteiger partial charge in [-0.05, 0) is 48.5 Å². The Labute approximate surface area is 166 Å². The molecule has 0 fully saturated rings. The molecule has 1 aromatic carbocycles. The predicted octanol–water partition coefficient (Wildman–Crippen LogP) is 4.63. The fraction of sp³-hybridized carbons (Fsp3) is 0.400. The number of aromatic nitrogens is 1. The molecule has 1 aromatic heterocycles. The molecule has 2 aromatic rings. The van der Waals surface area contributed by atoms with Gasteiger partial charge in [-0.3, -0.25) is 9.78 Å². The summed E-state index contributed by atoms with van der Waals surface area (Å²) in [5.74, 6) is -1.96. The van der Waals surface area contributed by atoms with E-state index >= 15 is 0 Å². The van der Waals surface area contributed by atoms with Crippen LogP contribution in [0.1, 0.15) is 30.0 Å². The van der Waals surface area contributed by atoms with E-state index in [9.17, 15) is 18.0 Å². The zero-order valence-electron chi connectivity index (χ0n) is 15.4. The second-order valence-corrected chi connectivity index (χ2v) is 7.76. The van der Waals surface area contributed by atoms with E-state index in [1.165, 1.54) is 23.9 Å². The highest BCUT2D eigenvalue weighted by atomic mass is 32.2. The van der Waals surface area contributed by atoms with Crippen LogP contribution < -0.4 is 5.73 Å².